The van der Waals surface area contributed by atoms with Gasteiger partial charge in [0.25, 0.3) is 5.56 Å². The highest BCUT2D eigenvalue weighted by atomic mass is 32.2. The molecule has 0 aliphatic heterocycles. The fraction of sp³-hybridized carbons (Fsp3) is 0.409. The molecular weight excluding hydrogens is 402 g/mol. The first-order chi connectivity index (χ1) is 14.1. The Bertz CT molecular complexity index is 1090. The van der Waals surface area contributed by atoms with Crippen LogP contribution in [0.5, 0.6) is 0 Å². The summed E-state index contributed by atoms with van der Waals surface area (Å²) in [6, 6.07) is 9.59. The summed E-state index contributed by atoms with van der Waals surface area (Å²) in [5.74, 6) is 0.848. The van der Waals surface area contributed by atoms with Crippen molar-refractivity contribution in [2.45, 2.75) is 44.7 Å². The normalized spacial score (nSPS) is 16.0. The number of aryl methyl sites for hydroxylation is 1. The first-order valence-corrected chi connectivity index (χ1v) is 11.9. The number of carbonyl (C=O) groups excluding carboxylic acids is 1. The van der Waals surface area contributed by atoms with Crippen LogP contribution in [0.2, 0.25) is 0 Å². The Morgan fingerprint density at radius 2 is 2.14 bits per heavy atom. The van der Waals surface area contributed by atoms with Gasteiger partial charge in [0.2, 0.25) is 5.91 Å². The molecule has 3 aromatic rings. The summed E-state index contributed by atoms with van der Waals surface area (Å²) >= 11 is 2.97. The third-order valence-corrected chi connectivity index (χ3v) is 7.30. The second-order valence-electron chi connectivity index (χ2n) is 7.54. The molecule has 1 amide bonds. The van der Waals surface area contributed by atoms with Gasteiger partial charge in [-0.05, 0) is 49.3 Å². The van der Waals surface area contributed by atoms with Gasteiger partial charge in [-0.2, -0.15) is 0 Å². The van der Waals surface area contributed by atoms with Crippen LogP contribution < -0.4 is 10.9 Å². The van der Waals surface area contributed by atoms with Crippen molar-refractivity contribution in [3.63, 3.8) is 0 Å². The summed E-state index contributed by atoms with van der Waals surface area (Å²) in [6.45, 7) is 4.95. The Balaban J connectivity index is 1.81. The number of fused-ring (bicyclic) bond motifs is 3. The number of thioether (sulfide) groups is 1. The van der Waals surface area contributed by atoms with Crippen LogP contribution in [0.15, 0.2) is 40.3 Å². The van der Waals surface area contributed by atoms with Crippen molar-refractivity contribution in [2.75, 3.05) is 12.3 Å². The van der Waals surface area contributed by atoms with Gasteiger partial charge in [-0.15, -0.1) is 11.3 Å². The fourth-order valence-corrected chi connectivity index (χ4v) is 5.98. The lowest BCUT2D eigenvalue weighted by atomic mass is 9.89. The molecule has 152 valence electrons. The topological polar surface area (TPSA) is 64.0 Å². The Hall–Kier alpha value is -2.12. The van der Waals surface area contributed by atoms with Crippen molar-refractivity contribution in [1.82, 2.24) is 14.9 Å². The third-order valence-electron chi connectivity index (χ3n) is 5.22. The Kier molecular flexibility index (Phi) is 6.06. The zero-order valence-electron chi connectivity index (χ0n) is 16.7. The van der Waals surface area contributed by atoms with Crippen molar-refractivity contribution in [3.05, 3.63) is 51.1 Å². The molecule has 7 heteroatoms. The van der Waals surface area contributed by atoms with E-state index in [0.29, 0.717) is 17.6 Å². The van der Waals surface area contributed by atoms with E-state index in [-0.39, 0.29) is 17.2 Å². The predicted octanol–water partition coefficient (Wildman–Crippen LogP) is 4.19. The van der Waals surface area contributed by atoms with Crippen molar-refractivity contribution in [3.8, 4) is 5.69 Å². The molecule has 1 unspecified atom stereocenters. The lowest BCUT2D eigenvalue weighted by molar-refractivity contribution is -0.118. The van der Waals surface area contributed by atoms with E-state index in [9.17, 15) is 9.59 Å². The number of hydrogen-bond acceptors (Lipinski definition) is 5. The summed E-state index contributed by atoms with van der Waals surface area (Å²) in [5.41, 5.74) is 1.94. The molecule has 4 rings (SSSR count). The molecule has 29 heavy (non-hydrogen) atoms. The van der Waals surface area contributed by atoms with Crippen molar-refractivity contribution >= 4 is 39.2 Å². The Morgan fingerprint density at radius 1 is 1.34 bits per heavy atom. The summed E-state index contributed by atoms with van der Waals surface area (Å²) < 4.78 is 1.67. The maximum atomic E-state index is 13.6. The molecule has 0 bridgehead atoms. The maximum absolute atomic E-state index is 13.6. The molecule has 0 fully saturated rings. The van der Waals surface area contributed by atoms with Crippen LogP contribution >= 0.6 is 23.1 Å². The minimum atomic E-state index is -0.0369. The number of carbonyl (C=O) groups is 1. The monoisotopic (exact) mass is 427 g/mol. The number of nitrogens with one attached hydrogen (secondary N) is 1. The van der Waals surface area contributed by atoms with Crippen LogP contribution in [0.3, 0.4) is 0 Å². The molecule has 2 aromatic heterocycles. The molecular formula is C22H25N3O2S2. The molecule has 2 heterocycles. The van der Waals surface area contributed by atoms with Gasteiger partial charge in [0.15, 0.2) is 5.16 Å². The van der Waals surface area contributed by atoms with Crippen LogP contribution in [0.4, 0.5) is 0 Å². The molecule has 1 atom stereocenters. The summed E-state index contributed by atoms with van der Waals surface area (Å²) in [6.07, 6.45) is 3.96. The van der Waals surface area contributed by atoms with E-state index in [1.54, 1.807) is 15.9 Å². The van der Waals surface area contributed by atoms with E-state index in [4.69, 9.17) is 4.98 Å². The summed E-state index contributed by atoms with van der Waals surface area (Å²) in [4.78, 5) is 32.7. The lowest BCUT2D eigenvalue weighted by Crippen LogP contribution is -2.27. The highest BCUT2D eigenvalue weighted by Gasteiger charge is 2.25. The van der Waals surface area contributed by atoms with Gasteiger partial charge in [0.1, 0.15) is 4.83 Å². The fourth-order valence-electron chi connectivity index (χ4n) is 3.72. The van der Waals surface area contributed by atoms with Crippen LogP contribution in [-0.4, -0.2) is 27.8 Å². The number of para-hydroxylation sites is 1. The van der Waals surface area contributed by atoms with E-state index >= 15 is 0 Å². The number of nitrogens with zero attached hydrogens (tertiary/aromatic N) is 2. The quantitative estimate of drug-likeness (QED) is 0.473. The zero-order valence-corrected chi connectivity index (χ0v) is 18.4. The molecule has 0 saturated carbocycles. The Morgan fingerprint density at radius 3 is 2.90 bits per heavy atom. The number of aromatic nitrogens is 2. The van der Waals surface area contributed by atoms with Gasteiger partial charge in [0.05, 0.1) is 16.8 Å². The van der Waals surface area contributed by atoms with Gasteiger partial charge in [-0.1, -0.05) is 43.8 Å². The van der Waals surface area contributed by atoms with Crippen LogP contribution in [0.1, 0.15) is 37.1 Å². The van der Waals surface area contributed by atoms with E-state index in [2.05, 4.69) is 12.2 Å². The number of thiophene rings is 1. The average molecular weight is 428 g/mol. The Labute approximate surface area is 178 Å². The molecule has 0 saturated heterocycles. The highest BCUT2D eigenvalue weighted by Crippen LogP contribution is 2.36. The van der Waals surface area contributed by atoms with Gasteiger partial charge >= 0.3 is 0 Å². The minimum Gasteiger partial charge on any atom is -0.355 e. The summed E-state index contributed by atoms with van der Waals surface area (Å²) in [7, 11) is 0. The zero-order chi connectivity index (χ0) is 20.4. The van der Waals surface area contributed by atoms with E-state index < -0.39 is 0 Å². The van der Waals surface area contributed by atoms with Crippen LogP contribution in [0, 0.1) is 5.92 Å². The van der Waals surface area contributed by atoms with E-state index in [1.165, 1.54) is 22.2 Å². The SMILES string of the molecule is CCCNC(=O)CSc1nc2sc3c(c2c(=O)n1-c1ccccc1)CCC(C)C3. The van der Waals surface area contributed by atoms with Crippen LogP contribution in [-0.2, 0) is 17.6 Å². The number of benzene rings is 1. The van der Waals surface area contributed by atoms with Gasteiger partial charge in [-0.3, -0.25) is 14.2 Å². The second kappa shape index (κ2) is 8.71. The first kappa shape index (κ1) is 20.2. The number of hydrogen-bond donors (Lipinski definition) is 1. The first-order valence-electron chi connectivity index (χ1n) is 10.1. The standard InChI is InChI=1S/C22H25N3O2S2/c1-3-11-23-18(26)13-28-22-24-20-19(16-10-9-14(2)12-17(16)29-20)21(27)25(22)15-7-5-4-6-8-15/h4-8,14H,3,9-13H2,1-2H3,(H,23,26). The molecule has 0 spiro atoms. The predicted molar refractivity (Wildman–Crippen MR) is 120 cm³/mol. The van der Waals surface area contributed by atoms with E-state index in [1.807, 2.05) is 37.3 Å². The van der Waals surface area contributed by atoms with Gasteiger partial charge in [-0.25, -0.2) is 4.98 Å². The second-order valence-corrected chi connectivity index (χ2v) is 9.57. The van der Waals surface area contributed by atoms with Gasteiger partial charge < -0.3 is 5.32 Å². The number of rotatable bonds is 6. The largest absolute Gasteiger partial charge is 0.355 e. The summed E-state index contributed by atoms with van der Waals surface area (Å²) in [5, 5.41) is 4.23. The molecule has 0 radical (unpaired) electrons. The van der Waals surface area contributed by atoms with Crippen molar-refractivity contribution in [2.24, 2.45) is 5.92 Å². The van der Waals surface area contributed by atoms with E-state index in [0.717, 1.165) is 41.6 Å². The van der Waals surface area contributed by atoms with Crippen molar-refractivity contribution in [1.29, 1.82) is 0 Å². The number of amides is 1. The molecule has 5 nitrogen and oxygen atoms in total. The molecule has 1 aromatic carbocycles. The molecule has 1 aliphatic rings. The average Bonchev–Trinajstić information content (AvgIpc) is 3.08. The maximum Gasteiger partial charge on any atom is 0.267 e. The molecule has 1 aliphatic carbocycles. The van der Waals surface area contributed by atoms with Crippen LogP contribution in [0.25, 0.3) is 15.9 Å². The van der Waals surface area contributed by atoms with Crippen molar-refractivity contribution < 1.29 is 4.79 Å². The lowest BCUT2D eigenvalue weighted by Gasteiger charge is -2.17. The third kappa shape index (κ3) is 4.12. The van der Waals surface area contributed by atoms with Gasteiger partial charge in [0, 0.05) is 11.4 Å². The smallest absolute Gasteiger partial charge is 0.267 e. The minimum absolute atomic E-state index is 0.0234. The molecule has 1 N–H and O–H groups in total. The highest BCUT2D eigenvalue weighted by molar-refractivity contribution is 7.99.